The van der Waals surface area contributed by atoms with E-state index in [1.54, 1.807) is 36.5 Å². The van der Waals surface area contributed by atoms with Crippen LogP contribution in [0.2, 0.25) is 0 Å². The lowest BCUT2D eigenvalue weighted by Crippen LogP contribution is -2.27. The van der Waals surface area contributed by atoms with Crippen molar-refractivity contribution < 1.29 is 13.2 Å². The molecular weight excluding hydrogens is 484 g/mol. The molecule has 1 amide bonds. The molecule has 1 aliphatic carbocycles. The number of nitrogens with zero attached hydrogens (tertiary/aromatic N) is 3. The van der Waals surface area contributed by atoms with Gasteiger partial charge >= 0.3 is 0 Å². The molecule has 1 atom stereocenters. The highest BCUT2D eigenvalue weighted by molar-refractivity contribution is 7.90. The number of hydrogen-bond donors (Lipinski definition) is 1. The Bertz CT molecular complexity index is 1540. The number of benzene rings is 3. The number of fused-ring (bicyclic) bond motifs is 1. The molecule has 7 nitrogen and oxygen atoms in total. The first kappa shape index (κ1) is 25.2. The average Bonchev–Trinajstić information content (AvgIpc) is 3.58. The zero-order chi connectivity index (χ0) is 26.2. The van der Waals surface area contributed by atoms with Gasteiger partial charge in [0.15, 0.2) is 0 Å². The highest BCUT2D eigenvalue weighted by Crippen LogP contribution is 2.35. The number of primary amides is 1. The second-order valence-electron chi connectivity index (χ2n) is 10.1. The number of aryl methyl sites for hydroxylation is 2. The predicted molar refractivity (Wildman–Crippen MR) is 145 cm³/mol. The first-order valence-electron chi connectivity index (χ1n) is 12.6. The number of nitrogens with two attached hydrogens (primary N) is 1. The second-order valence-corrected chi connectivity index (χ2v) is 11.9. The van der Waals surface area contributed by atoms with Crippen LogP contribution in [0.3, 0.4) is 0 Å². The number of hydrogen-bond acceptors (Lipinski definition) is 5. The van der Waals surface area contributed by atoms with Crippen molar-refractivity contribution in [2.45, 2.75) is 43.5 Å². The summed E-state index contributed by atoms with van der Waals surface area (Å²) in [5.41, 5.74) is 9.75. The monoisotopic (exact) mass is 516 g/mol. The topological polar surface area (TPSA) is 98.3 Å². The van der Waals surface area contributed by atoms with Crippen LogP contribution in [-0.4, -0.2) is 42.0 Å². The summed E-state index contributed by atoms with van der Waals surface area (Å²) in [4.78, 5) is 14.5. The zero-order valence-corrected chi connectivity index (χ0v) is 22.0. The van der Waals surface area contributed by atoms with Crippen molar-refractivity contribution in [2.75, 3.05) is 13.6 Å². The third-order valence-corrected chi connectivity index (χ3v) is 8.85. The Kier molecular flexibility index (Phi) is 6.88. The molecule has 0 aliphatic heterocycles. The summed E-state index contributed by atoms with van der Waals surface area (Å²) >= 11 is 0. The van der Waals surface area contributed by atoms with E-state index in [2.05, 4.69) is 17.0 Å². The summed E-state index contributed by atoms with van der Waals surface area (Å²) in [6.45, 7) is 2.92. The van der Waals surface area contributed by atoms with Crippen LogP contribution >= 0.6 is 0 Å². The molecule has 2 N–H and O–H groups in total. The second kappa shape index (κ2) is 10.1. The summed E-state index contributed by atoms with van der Waals surface area (Å²) in [5, 5.41) is 5.03. The van der Waals surface area contributed by atoms with Crippen molar-refractivity contribution in [2.24, 2.45) is 11.7 Å². The third kappa shape index (κ3) is 5.31. The summed E-state index contributed by atoms with van der Waals surface area (Å²) in [5.74, 6) is 0.304. The van der Waals surface area contributed by atoms with Gasteiger partial charge in [-0.25, -0.2) is 0 Å². The van der Waals surface area contributed by atoms with Crippen molar-refractivity contribution in [3.8, 4) is 0 Å². The van der Waals surface area contributed by atoms with Gasteiger partial charge in [0.25, 0.3) is 10.0 Å². The van der Waals surface area contributed by atoms with Gasteiger partial charge in [-0.2, -0.15) is 17.6 Å². The molecule has 1 fully saturated rings. The van der Waals surface area contributed by atoms with Gasteiger partial charge in [0.05, 0.1) is 16.6 Å². The summed E-state index contributed by atoms with van der Waals surface area (Å²) < 4.78 is 27.7. The largest absolute Gasteiger partial charge is 0.366 e. The SMILES string of the molecule is Cc1ccc(S(=O)(=O)n2ncc3cc(C(CCc4ccccc4C(N)=O)N(C)CC4CC4)ccc32)cc1. The summed E-state index contributed by atoms with van der Waals surface area (Å²) in [7, 11) is -1.67. The zero-order valence-electron chi connectivity index (χ0n) is 21.2. The summed E-state index contributed by atoms with van der Waals surface area (Å²) in [6, 6.07) is 20.3. The molecule has 0 spiro atoms. The van der Waals surface area contributed by atoms with Crippen LogP contribution in [0.25, 0.3) is 10.9 Å². The quantitative estimate of drug-likeness (QED) is 0.330. The van der Waals surface area contributed by atoms with E-state index in [9.17, 15) is 13.2 Å². The Labute approximate surface area is 218 Å². The first-order chi connectivity index (χ1) is 17.7. The molecule has 5 rings (SSSR count). The van der Waals surface area contributed by atoms with E-state index in [0.717, 1.165) is 45.0 Å². The van der Waals surface area contributed by atoms with Crippen LogP contribution in [-0.2, 0) is 16.4 Å². The first-order valence-corrected chi connectivity index (χ1v) is 14.1. The van der Waals surface area contributed by atoms with Crippen LogP contribution in [0.4, 0.5) is 0 Å². The van der Waals surface area contributed by atoms with E-state index in [4.69, 9.17) is 5.73 Å². The third-order valence-electron chi connectivity index (χ3n) is 7.24. The molecule has 1 aliphatic rings. The van der Waals surface area contributed by atoms with E-state index in [1.807, 2.05) is 43.3 Å². The smallest absolute Gasteiger partial charge is 0.283 e. The normalized spacial score (nSPS) is 14.8. The maximum atomic E-state index is 13.3. The number of carbonyl (C=O) groups is 1. The molecule has 3 aromatic carbocycles. The number of amides is 1. The Morgan fingerprint density at radius 3 is 2.54 bits per heavy atom. The van der Waals surface area contributed by atoms with Gasteiger partial charge in [-0.3, -0.25) is 9.69 Å². The number of aromatic nitrogens is 2. The van der Waals surface area contributed by atoms with Crippen LogP contribution in [0.1, 0.15) is 52.4 Å². The van der Waals surface area contributed by atoms with E-state index in [1.165, 1.54) is 12.8 Å². The van der Waals surface area contributed by atoms with Crippen LogP contribution in [0.5, 0.6) is 0 Å². The highest BCUT2D eigenvalue weighted by Gasteiger charge is 2.28. The minimum absolute atomic E-state index is 0.1000. The van der Waals surface area contributed by atoms with Gasteiger partial charge in [0, 0.05) is 23.5 Å². The molecule has 0 bridgehead atoms. The van der Waals surface area contributed by atoms with Crippen molar-refractivity contribution >= 4 is 26.8 Å². The van der Waals surface area contributed by atoms with Crippen molar-refractivity contribution in [1.82, 2.24) is 14.1 Å². The Morgan fingerprint density at radius 2 is 1.84 bits per heavy atom. The summed E-state index contributed by atoms with van der Waals surface area (Å²) in [6.07, 6.45) is 5.63. The molecule has 4 aromatic rings. The predicted octanol–water partition coefficient (Wildman–Crippen LogP) is 4.70. The maximum Gasteiger partial charge on any atom is 0.283 e. The Hall–Kier alpha value is -3.49. The molecule has 8 heteroatoms. The maximum absolute atomic E-state index is 13.3. The van der Waals surface area contributed by atoms with Gasteiger partial charge in [-0.05, 0) is 87.0 Å². The molecule has 37 heavy (non-hydrogen) atoms. The Morgan fingerprint density at radius 1 is 1.11 bits per heavy atom. The van der Waals surface area contributed by atoms with Crippen molar-refractivity contribution in [3.05, 3.63) is 95.2 Å². The highest BCUT2D eigenvalue weighted by atomic mass is 32.2. The van der Waals surface area contributed by atoms with Crippen LogP contribution in [0.15, 0.2) is 77.8 Å². The fraction of sp³-hybridized carbons (Fsp3) is 0.310. The van der Waals surface area contributed by atoms with Crippen molar-refractivity contribution in [3.63, 3.8) is 0 Å². The van der Waals surface area contributed by atoms with Gasteiger partial charge in [-0.15, -0.1) is 0 Å². The standard InChI is InChI=1S/C29H32N4O3S/c1-20-7-13-25(14-8-20)37(35,36)33-28-16-12-23(17-24(28)18-31-33)27(32(2)19-21-9-10-21)15-11-22-5-3-4-6-26(22)29(30)34/h3-8,12-14,16-18,21,27H,9-11,15,19H2,1-2H3,(H2,30,34). The lowest BCUT2D eigenvalue weighted by Gasteiger charge is -2.29. The lowest BCUT2D eigenvalue weighted by molar-refractivity contribution is 0.0999. The van der Waals surface area contributed by atoms with Crippen LogP contribution in [0, 0.1) is 12.8 Å². The molecule has 1 heterocycles. The van der Waals surface area contributed by atoms with Gasteiger partial charge < -0.3 is 5.73 Å². The molecule has 1 unspecified atom stereocenters. The fourth-order valence-corrected chi connectivity index (χ4v) is 6.26. The number of rotatable bonds is 10. The van der Waals surface area contributed by atoms with E-state index >= 15 is 0 Å². The minimum Gasteiger partial charge on any atom is -0.366 e. The van der Waals surface area contributed by atoms with Crippen LogP contribution < -0.4 is 5.73 Å². The van der Waals surface area contributed by atoms with Gasteiger partial charge in [-0.1, -0.05) is 42.0 Å². The average molecular weight is 517 g/mol. The molecule has 1 aromatic heterocycles. The Balaban J connectivity index is 1.46. The van der Waals surface area contributed by atoms with E-state index in [-0.39, 0.29) is 10.9 Å². The van der Waals surface area contributed by atoms with E-state index < -0.39 is 15.9 Å². The number of carbonyl (C=O) groups excluding carboxylic acids is 1. The van der Waals surface area contributed by atoms with Gasteiger partial charge in [0.2, 0.25) is 5.91 Å². The molecular formula is C29H32N4O3S. The molecule has 1 saturated carbocycles. The molecule has 0 radical (unpaired) electrons. The lowest BCUT2D eigenvalue weighted by atomic mass is 9.94. The fourth-order valence-electron chi connectivity index (χ4n) is 4.98. The molecule has 0 saturated heterocycles. The van der Waals surface area contributed by atoms with Crippen molar-refractivity contribution in [1.29, 1.82) is 0 Å². The van der Waals surface area contributed by atoms with E-state index in [0.29, 0.717) is 17.5 Å². The molecule has 192 valence electrons. The van der Waals surface area contributed by atoms with Gasteiger partial charge in [0.1, 0.15) is 0 Å². The minimum atomic E-state index is -3.80.